The molecular weight excluding hydrogens is 412 g/mol. The van der Waals surface area contributed by atoms with Crippen molar-refractivity contribution in [3.8, 4) is 11.5 Å². The van der Waals surface area contributed by atoms with Crippen molar-refractivity contribution in [2.75, 3.05) is 18.5 Å². The molecule has 3 heterocycles. The van der Waals surface area contributed by atoms with Crippen molar-refractivity contribution in [3.63, 3.8) is 0 Å². The molecule has 32 heavy (non-hydrogen) atoms. The minimum atomic E-state index is -1.28. The number of oxazole rings is 1. The summed E-state index contributed by atoms with van der Waals surface area (Å²) in [4.78, 5) is 10.6. The molecule has 9 nitrogen and oxygen atoms in total. The monoisotopic (exact) mass is 440 g/mol. The van der Waals surface area contributed by atoms with Gasteiger partial charge in [-0.05, 0) is 42.8 Å². The second-order valence-corrected chi connectivity index (χ2v) is 8.13. The van der Waals surface area contributed by atoms with E-state index in [0.717, 1.165) is 28.2 Å². The number of nitrogens with one attached hydrogen (secondary N) is 1. The van der Waals surface area contributed by atoms with Gasteiger partial charge in [-0.2, -0.15) is 0 Å². The standard InChI is InChI=1S/C23H28N4O5/c1-14-7-15(23-24-5-6-32-23)9-18(8-14)25-10-16-3-2-4-17(26-16)11-27-12-20(29)22(31)21(30)19(27)13-28/h2-9,19-22,25,28-31H,10-13H2,1H3/t19-,20+,21-,22-/m1/s1. The molecule has 9 heteroatoms. The van der Waals surface area contributed by atoms with Gasteiger partial charge in [0.2, 0.25) is 5.89 Å². The van der Waals surface area contributed by atoms with Gasteiger partial charge in [-0.15, -0.1) is 0 Å². The molecule has 4 atom stereocenters. The number of nitrogens with zero attached hydrogens (tertiary/aromatic N) is 3. The Kier molecular flexibility index (Phi) is 6.83. The van der Waals surface area contributed by atoms with Crippen molar-refractivity contribution in [1.82, 2.24) is 14.9 Å². The van der Waals surface area contributed by atoms with Crippen molar-refractivity contribution in [2.24, 2.45) is 0 Å². The number of piperidine rings is 1. The van der Waals surface area contributed by atoms with Gasteiger partial charge in [0.15, 0.2) is 0 Å². The average Bonchev–Trinajstić information content (AvgIpc) is 3.32. The van der Waals surface area contributed by atoms with E-state index in [-0.39, 0.29) is 13.2 Å². The van der Waals surface area contributed by atoms with Crippen molar-refractivity contribution in [1.29, 1.82) is 0 Å². The number of benzene rings is 1. The molecule has 1 aliphatic rings. The first-order chi connectivity index (χ1) is 15.4. The van der Waals surface area contributed by atoms with Crippen LogP contribution in [0, 0.1) is 6.92 Å². The van der Waals surface area contributed by atoms with Crippen LogP contribution in [0.25, 0.3) is 11.5 Å². The molecule has 0 saturated carbocycles. The SMILES string of the molecule is Cc1cc(NCc2cccc(CN3C[C@H](O)[C@@H](O)[C@H](O)[C@H]3CO)n2)cc(-c2ncco2)c1. The Balaban J connectivity index is 1.44. The Morgan fingerprint density at radius 2 is 1.94 bits per heavy atom. The molecule has 1 saturated heterocycles. The lowest BCUT2D eigenvalue weighted by atomic mass is 9.94. The number of β-amino-alcohol motifs (C(OH)–C–C–N with tert-alkyl or cyclic N) is 1. The number of hydrogen-bond donors (Lipinski definition) is 5. The second kappa shape index (κ2) is 9.76. The minimum Gasteiger partial charge on any atom is -0.445 e. The first-order valence-corrected chi connectivity index (χ1v) is 10.5. The molecule has 0 unspecified atom stereocenters. The smallest absolute Gasteiger partial charge is 0.225 e. The van der Waals surface area contributed by atoms with Crippen LogP contribution < -0.4 is 5.32 Å². The van der Waals surface area contributed by atoms with Crippen LogP contribution in [-0.2, 0) is 13.1 Å². The number of anilines is 1. The molecule has 0 aliphatic carbocycles. The number of pyridine rings is 1. The van der Waals surface area contributed by atoms with Crippen molar-refractivity contribution < 1.29 is 24.8 Å². The van der Waals surface area contributed by atoms with Gasteiger partial charge in [0.05, 0.1) is 42.9 Å². The third-order valence-corrected chi connectivity index (χ3v) is 5.68. The molecule has 3 aromatic rings. The second-order valence-electron chi connectivity index (χ2n) is 8.13. The summed E-state index contributed by atoms with van der Waals surface area (Å²) >= 11 is 0. The zero-order chi connectivity index (χ0) is 22.7. The Hall–Kier alpha value is -2.82. The van der Waals surface area contributed by atoms with Gasteiger partial charge < -0.3 is 30.2 Å². The molecule has 1 aromatic carbocycles. The fourth-order valence-electron chi connectivity index (χ4n) is 4.05. The summed E-state index contributed by atoms with van der Waals surface area (Å²) in [5.74, 6) is 0.561. The zero-order valence-corrected chi connectivity index (χ0v) is 17.8. The molecule has 4 rings (SSSR count). The summed E-state index contributed by atoms with van der Waals surface area (Å²) in [6, 6.07) is 11.0. The highest BCUT2D eigenvalue weighted by Crippen LogP contribution is 2.24. The van der Waals surface area contributed by atoms with Crippen molar-refractivity contribution in [2.45, 2.75) is 44.4 Å². The van der Waals surface area contributed by atoms with Crippen molar-refractivity contribution >= 4 is 5.69 Å². The Labute approximate surface area is 186 Å². The number of aryl methyl sites for hydroxylation is 1. The van der Waals surface area contributed by atoms with Gasteiger partial charge in [0.25, 0.3) is 0 Å². The topological polar surface area (TPSA) is 135 Å². The molecule has 0 bridgehead atoms. The average molecular weight is 441 g/mol. The third kappa shape index (κ3) is 4.98. The van der Waals surface area contributed by atoms with Crippen LogP contribution in [0.4, 0.5) is 5.69 Å². The van der Waals surface area contributed by atoms with Gasteiger partial charge in [0, 0.05) is 24.3 Å². The van der Waals surface area contributed by atoms with E-state index in [1.165, 1.54) is 0 Å². The lowest BCUT2D eigenvalue weighted by Gasteiger charge is -2.42. The predicted octanol–water partition coefficient (Wildman–Crippen LogP) is 0.916. The lowest BCUT2D eigenvalue weighted by Crippen LogP contribution is -2.62. The Morgan fingerprint density at radius 1 is 1.12 bits per heavy atom. The molecule has 2 aromatic heterocycles. The molecule has 170 valence electrons. The normalized spacial score (nSPS) is 23.9. The minimum absolute atomic E-state index is 0.139. The number of likely N-dealkylation sites (tertiary alicyclic amines) is 1. The van der Waals surface area contributed by atoms with E-state index in [1.54, 1.807) is 17.4 Å². The molecule has 5 N–H and O–H groups in total. The Morgan fingerprint density at radius 3 is 2.69 bits per heavy atom. The van der Waals surface area contributed by atoms with Crippen LogP contribution in [0.1, 0.15) is 17.0 Å². The van der Waals surface area contributed by atoms with E-state index in [2.05, 4.69) is 15.3 Å². The fourth-order valence-corrected chi connectivity index (χ4v) is 4.05. The van der Waals surface area contributed by atoms with Gasteiger partial charge in [-0.3, -0.25) is 9.88 Å². The maximum atomic E-state index is 10.2. The molecule has 0 spiro atoms. The summed E-state index contributed by atoms with van der Waals surface area (Å²) in [6.45, 7) is 2.65. The summed E-state index contributed by atoms with van der Waals surface area (Å²) in [5, 5.41) is 43.1. The molecule has 1 aliphatic heterocycles. The highest BCUT2D eigenvalue weighted by Gasteiger charge is 2.41. The first kappa shape index (κ1) is 22.4. The maximum Gasteiger partial charge on any atom is 0.225 e. The quantitative estimate of drug-likeness (QED) is 0.363. The number of rotatable bonds is 7. The largest absolute Gasteiger partial charge is 0.445 e. The summed E-state index contributed by atoms with van der Waals surface area (Å²) in [5.41, 5.74) is 4.44. The predicted molar refractivity (Wildman–Crippen MR) is 118 cm³/mol. The van der Waals surface area contributed by atoms with Crippen LogP contribution in [0.5, 0.6) is 0 Å². The number of hydrogen-bond acceptors (Lipinski definition) is 9. The molecule has 0 amide bonds. The Bertz CT molecular complexity index is 1030. The number of aliphatic hydroxyl groups is 4. The number of aliphatic hydroxyl groups excluding tert-OH is 4. The molecule has 0 radical (unpaired) electrons. The third-order valence-electron chi connectivity index (χ3n) is 5.68. The van der Waals surface area contributed by atoms with E-state index in [4.69, 9.17) is 4.42 Å². The van der Waals surface area contributed by atoms with Crippen molar-refractivity contribution in [3.05, 3.63) is 65.8 Å². The highest BCUT2D eigenvalue weighted by atomic mass is 16.4. The summed E-state index contributed by atoms with van der Waals surface area (Å²) < 4.78 is 5.39. The summed E-state index contributed by atoms with van der Waals surface area (Å²) in [7, 11) is 0. The summed E-state index contributed by atoms with van der Waals surface area (Å²) in [6.07, 6.45) is -0.433. The van der Waals surface area contributed by atoms with E-state index in [0.29, 0.717) is 19.0 Å². The molecular formula is C23H28N4O5. The van der Waals surface area contributed by atoms with Gasteiger partial charge >= 0.3 is 0 Å². The van der Waals surface area contributed by atoms with Gasteiger partial charge in [0.1, 0.15) is 18.5 Å². The van der Waals surface area contributed by atoms with Gasteiger partial charge in [-0.1, -0.05) is 6.07 Å². The van der Waals surface area contributed by atoms with E-state index in [1.807, 2.05) is 43.3 Å². The van der Waals surface area contributed by atoms with Crippen LogP contribution >= 0.6 is 0 Å². The first-order valence-electron chi connectivity index (χ1n) is 10.5. The zero-order valence-electron chi connectivity index (χ0n) is 17.8. The highest BCUT2D eigenvalue weighted by molar-refractivity contribution is 5.63. The van der Waals surface area contributed by atoms with E-state index in [9.17, 15) is 20.4 Å². The van der Waals surface area contributed by atoms with E-state index >= 15 is 0 Å². The maximum absolute atomic E-state index is 10.2. The molecule has 1 fully saturated rings. The van der Waals surface area contributed by atoms with E-state index < -0.39 is 24.4 Å². The van der Waals surface area contributed by atoms with Gasteiger partial charge in [-0.25, -0.2) is 4.98 Å². The van der Waals surface area contributed by atoms with Crippen LogP contribution in [0.15, 0.2) is 53.3 Å². The lowest BCUT2D eigenvalue weighted by molar-refractivity contribution is -0.147. The van der Waals surface area contributed by atoms with Crippen LogP contribution in [0.2, 0.25) is 0 Å². The number of aromatic nitrogens is 2. The fraction of sp³-hybridized carbons (Fsp3) is 0.391. The van der Waals surface area contributed by atoms with Crippen LogP contribution in [-0.4, -0.2) is 72.8 Å². The van der Waals surface area contributed by atoms with Crippen LogP contribution in [0.3, 0.4) is 0 Å².